The number of nitrogens with one attached hydrogen (secondary N) is 2. The molecule has 0 spiro atoms. The summed E-state index contributed by atoms with van der Waals surface area (Å²) in [5.41, 5.74) is 0.758. The zero-order valence-corrected chi connectivity index (χ0v) is 15.0. The topological polar surface area (TPSA) is 81.7 Å². The summed E-state index contributed by atoms with van der Waals surface area (Å²) >= 11 is 0. The number of rotatable bonds is 7. The number of carbonyl (C=O) groups excluding carboxylic acids is 2. The number of aliphatic hydroxyl groups excluding tert-OH is 1. The molecule has 3 atom stereocenters. The second-order valence-corrected chi connectivity index (χ2v) is 7.38. The number of amides is 3. The normalized spacial score (nSPS) is 27.0. The molecule has 0 radical (unpaired) electrons. The molecule has 0 aromatic heterocycles. The van der Waals surface area contributed by atoms with E-state index in [1.807, 2.05) is 41.3 Å². The molecule has 6 heteroatoms. The van der Waals surface area contributed by atoms with E-state index in [2.05, 4.69) is 17.2 Å². The Kier molecular flexibility index (Phi) is 5.61. The molecule has 3 N–H and O–H groups in total. The lowest BCUT2D eigenvalue weighted by atomic mass is 10.1. The molecule has 1 saturated carbocycles. The molecule has 1 aliphatic heterocycles. The van der Waals surface area contributed by atoms with Gasteiger partial charge in [0.25, 0.3) is 0 Å². The fourth-order valence-electron chi connectivity index (χ4n) is 3.63. The third-order valence-electron chi connectivity index (χ3n) is 5.53. The van der Waals surface area contributed by atoms with Crippen molar-refractivity contribution < 1.29 is 14.7 Å². The van der Waals surface area contributed by atoms with Gasteiger partial charge in [0.15, 0.2) is 0 Å². The summed E-state index contributed by atoms with van der Waals surface area (Å²) in [5.74, 6) is 0.359. The van der Waals surface area contributed by atoms with Crippen molar-refractivity contribution in [3.05, 3.63) is 48.6 Å². The number of hydrogen-bond acceptors (Lipinski definition) is 3. The first-order valence-corrected chi connectivity index (χ1v) is 9.16. The highest BCUT2D eigenvalue weighted by Crippen LogP contribution is 2.52. The minimum Gasteiger partial charge on any atom is -0.396 e. The maximum atomic E-state index is 12.4. The number of urea groups is 1. The lowest BCUT2D eigenvalue weighted by Gasteiger charge is -2.19. The SMILES string of the molecule is C=C[C@H]1C[C@@]1(CO)CNC(=O)NC1CCN(C(=O)Cc2ccccc2)C1. The molecular weight excluding hydrogens is 330 g/mol. The minimum atomic E-state index is -0.244. The summed E-state index contributed by atoms with van der Waals surface area (Å²) in [4.78, 5) is 26.3. The Balaban J connectivity index is 1.40. The molecule has 1 unspecified atom stereocenters. The second-order valence-electron chi connectivity index (χ2n) is 7.38. The molecule has 0 bridgehead atoms. The van der Waals surface area contributed by atoms with Crippen LogP contribution in [0.1, 0.15) is 18.4 Å². The van der Waals surface area contributed by atoms with Crippen LogP contribution in [0.25, 0.3) is 0 Å². The first kappa shape index (κ1) is 18.5. The van der Waals surface area contributed by atoms with Gasteiger partial charge in [-0.2, -0.15) is 0 Å². The molecule has 2 fully saturated rings. The molecule has 140 valence electrons. The van der Waals surface area contributed by atoms with Gasteiger partial charge in [0, 0.05) is 31.1 Å². The van der Waals surface area contributed by atoms with E-state index in [1.165, 1.54) is 0 Å². The molecule has 2 aliphatic rings. The summed E-state index contributed by atoms with van der Waals surface area (Å²) in [6, 6.07) is 9.41. The number of likely N-dealkylation sites (tertiary alicyclic amines) is 1. The van der Waals surface area contributed by atoms with Gasteiger partial charge < -0.3 is 20.6 Å². The van der Waals surface area contributed by atoms with Crippen LogP contribution in [-0.4, -0.2) is 54.2 Å². The van der Waals surface area contributed by atoms with E-state index in [0.717, 1.165) is 18.4 Å². The van der Waals surface area contributed by atoms with Crippen molar-refractivity contribution in [2.75, 3.05) is 26.2 Å². The predicted molar refractivity (Wildman–Crippen MR) is 99.5 cm³/mol. The number of aliphatic hydroxyl groups is 1. The van der Waals surface area contributed by atoms with Gasteiger partial charge in [0.2, 0.25) is 5.91 Å². The third kappa shape index (κ3) is 4.25. The van der Waals surface area contributed by atoms with Gasteiger partial charge in [-0.25, -0.2) is 4.79 Å². The van der Waals surface area contributed by atoms with Gasteiger partial charge in [0.1, 0.15) is 0 Å². The summed E-state index contributed by atoms with van der Waals surface area (Å²) in [6.07, 6.45) is 3.84. The van der Waals surface area contributed by atoms with E-state index in [9.17, 15) is 14.7 Å². The molecule has 1 saturated heterocycles. The molecule has 6 nitrogen and oxygen atoms in total. The van der Waals surface area contributed by atoms with Crippen molar-refractivity contribution in [2.24, 2.45) is 11.3 Å². The van der Waals surface area contributed by atoms with Crippen LogP contribution >= 0.6 is 0 Å². The number of hydrogen-bond donors (Lipinski definition) is 3. The molecule has 3 amide bonds. The Morgan fingerprint density at radius 3 is 2.77 bits per heavy atom. The van der Waals surface area contributed by atoms with Crippen LogP contribution in [0.4, 0.5) is 4.79 Å². The number of carbonyl (C=O) groups is 2. The van der Waals surface area contributed by atoms with Crippen molar-refractivity contribution in [1.29, 1.82) is 0 Å². The first-order chi connectivity index (χ1) is 12.6. The first-order valence-electron chi connectivity index (χ1n) is 9.16. The minimum absolute atomic E-state index is 0.0331. The molecule has 26 heavy (non-hydrogen) atoms. The van der Waals surface area contributed by atoms with Crippen molar-refractivity contribution >= 4 is 11.9 Å². The molecule has 1 aromatic carbocycles. The maximum Gasteiger partial charge on any atom is 0.315 e. The van der Waals surface area contributed by atoms with E-state index >= 15 is 0 Å². The number of allylic oxidation sites excluding steroid dienone is 1. The average molecular weight is 357 g/mol. The van der Waals surface area contributed by atoms with Gasteiger partial charge >= 0.3 is 6.03 Å². The average Bonchev–Trinajstić information content (AvgIpc) is 3.18. The van der Waals surface area contributed by atoms with Crippen LogP contribution in [-0.2, 0) is 11.2 Å². The Bertz CT molecular complexity index is 664. The lowest BCUT2D eigenvalue weighted by Crippen LogP contribution is -2.46. The standard InChI is InChI=1S/C20H27N3O3/c1-2-16-11-20(16,14-24)13-21-19(26)22-17-8-9-23(12-17)18(25)10-15-6-4-3-5-7-15/h2-7,16-17,24H,1,8-14H2,(H2,21,22,26)/t16-,17?,20-/m0/s1. The highest BCUT2D eigenvalue weighted by atomic mass is 16.3. The molecule has 1 heterocycles. The van der Waals surface area contributed by atoms with E-state index in [0.29, 0.717) is 26.1 Å². The van der Waals surface area contributed by atoms with Gasteiger partial charge in [-0.15, -0.1) is 6.58 Å². The lowest BCUT2D eigenvalue weighted by molar-refractivity contribution is -0.129. The Labute approximate surface area is 154 Å². The monoisotopic (exact) mass is 357 g/mol. The smallest absolute Gasteiger partial charge is 0.315 e. The Morgan fingerprint density at radius 2 is 2.12 bits per heavy atom. The largest absolute Gasteiger partial charge is 0.396 e. The van der Waals surface area contributed by atoms with E-state index in [4.69, 9.17) is 0 Å². The van der Waals surface area contributed by atoms with E-state index in [1.54, 1.807) is 0 Å². The van der Waals surface area contributed by atoms with Crippen molar-refractivity contribution in [3.8, 4) is 0 Å². The van der Waals surface area contributed by atoms with Gasteiger partial charge in [-0.3, -0.25) is 4.79 Å². The maximum absolute atomic E-state index is 12.4. The second kappa shape index (κ2) is 7.91. The van der Waals surface area contributed by atoms with Crippen LogP contribution in [0.5, 0.6) is 0 Å². The highest BCUT2D eigenvalue weighted by molar-refractivity contribution is 5.79. The van der Waals surface area contributed by atoms with Crippen LogP contribution in [0, 0.1) is 11.3 Å². The van der Waals surface area contributed by atoms with Crippen molar-refractivity contribution in [2.45, 2.75) is 25.3 Å². The zero-order valence-electron chi connectivity index (χ0n) is 15.0. The zero-order chi connectivity index (χ0) is 18.6. The van der Waals surface area contributed by atoms with Gasteiger partial charge in [-0.05, 0) is 24.3 Å². The quantitative estimate of drug-likeness (QED) is 0.644. The summed E-state index contributed by atoms with van der Waals surface area (Å²) in [7, 11) is 0. The number of nitrogens with zero attached hydrogens (tertiary/aromatic N) is 1. The van der Waals surface area contributed by atoms with Crippen LogP contribution in [0.2, 0.25) is 0 Å². The van der Waals surface area contributed by atoms with Gasteiger partial charge in [-0.1, -0.05) is 36.4 Å². The van der Waals surface area contributed by atoms with E-state index in [-0.39, 0.29) is 35.9 Å². The molecule has 3 rings (SSSR count). The van der Waals surface area contributed by atoms with Crippen LogP contribution < -0.4 is 10.6 Å². The van der Waals surface area contributed by atoms with Gasteiger partial charge in [0.05, 0.1) is 13.0 Å². The van der Waals surface area contributed by atoms with Crippen molar-refractivity contribution in [3.63, 3.8) is 0 Å². The van der Waals surface area contributed by atoms with Crippen molar-refractivity contribution in [1.82, 2.24) is 15.5 Å². The third-order valence-corrected chi connectivity index (χ3v) is 5.53. The van der Waals surface area contributed by atoms with E-state index < -0.39 is 0 Å². The molecular formula is C20H27N3O3. The Hall–Kier alpha value is -2.34. The molecule has 1 aromatic rings. The fourth-order valence-corrected chi connectivity index (χ4v) is 3.63. The Morgan fingerprint density at radius 1 is 1.35 bits per heavy atom. The van der Waals surface area contributed by atoms with Crippen LogP contribution in [0.3, 0.4) is 0 Å². The predicted octanol–water partition coefficient (Wildman–Crippen LogP) is 1.31. The number of benzene rings is 1. The fraction of sp³-hybridized carbons (Fsp3) is 0.500. The molecule has 1 aliphatic carbocycles. The summed E-state index contributed by atoms with van der Waals surface area (Å²) in [5, 5.41) is 15.3. The van der Waals surface area contributed by atoms with Crippen LogP contribution in [0.15, 0.2) is 43.0 Å². The highest BCUT2D eigenvalue weighted by Gasteiger charge is 2.51. The summed E-state index contributed by atoms with van der Waals surface area (Å²) in [6.45, 7) is 5.45. The summed E-state index contributed by atoms with van der Waals surface area (Å²) < 4.78 is 0.